The summed E-state index contributed by atoms with van der Waals surface area (Å²) in [7, 11) is 0. The van der Waals surface area contributed by atoms with E-state index in [1.165, 1.54) is 0 Å². The molecule has 4 nitrogen and oxygen atoms in total. The maximum Gasteiger partial charge on any atom is 0.255 e. The lowest BCUT2D eigenvalue weighted by atomic mass is 10.2. The van der Waals surface area contributed by atoms with Crippen molar-refractivity contribution < 1.29 is 9.59 Å². The van der Waals surface area contributed by atoms with E-state index >= 15 is 0 Å². The van der Waals surface area contributed by atoms with Crippen LogP contribution in [0.5, 0.6) is 0 Å². The minimum Gasteiger partial charge on any atom is -0.339 e. The van der Waals surface area contributed by atoms with E-state index in [0.717, 1.165) is 26.4 Å². The average Bonchev–Trinajstić information content (AvgIpc) is 3.33. The number of piperazine rings is 1. The third kappa shape index (κ3) is 3.41. The van der Waals surface area contributed by atoms with Gasteiger partial charge in [0.15, 0.2) is 0 Å². The topological polar surface area (TPSA) is 40.6 Å². The normalized spacial score (nSPS) is 18.8. The lowest BCUT2D eigenvalue weighted by Gasteiger charge is -2.35. The number of hydrogen-bond donors (Lipinski definition) is 0. The van der Waals surface area contributed by atoms with Crippen LogP contribution >= 0.6 is 38.5 Å². The summed E-state index contributed by atoms with van der Waals surface area (Å²) in [6.45, 7) is 2.57. The number of rotatable bonds is 2. The van der Waals surface area contributed by atoms with Gasteiger partial charge >= 0.3 is 0 Å². The van der Waals surface area contributed by atoms with Gasteiger partial charge in [-0.05, 0) is 53.6 Å². The van der Waals surface area contributed by atoms with Gasteiger partial charge in [0.05, 0.1) is 5.56 Å². The zero-order chi connectivity index (χ0) is 15.0. The quantitative estimate of drug-likeness (QED) is 0.634. The largest absolute Gasteiger partial charge is 0.339 e. The molecule has 2 fully saturated rings. The van der Waals surface area contributed by atoms with E-state index in [1.54, 1.807) is 0 Å². The number of benzene rings is 1. The number of hydrogen-bond acceptors (Lipinski definition) is 2. The van der Waals surface area contributed by atoms with Crippen molar-refractivity contribution in [3.8, 4) is 0 Å². The Morgan fingerprint density at radius 3 is 2.33 bits per heavy atom. The van der Waals surface area contributed by atoms with E-state index in [0.29, 0.717) is 26.2 Å². The van der Waals surface area contributed by atoms with Crippen LogP contribution in [-0.4, -0.2) is 47.8 Å². The van der Waals surface area contributed by atoms with E-state index in [9.17, 15) is 9.59 Å². The Morgan fingerprint density at radius 1 is 1.10 bits per heavy atom. The predicted octanol–water partition coefficient (Wildman–Crippen LogP) is 2.75. The van der Waals surface area contributed by atoms with Gasteiger partial charge in [-0.25, -0.2) is 0 Å². The molecule has 1 aromatic carbocycles. The number of carbonyl (C=O) groups excluding carboxylic acids is 2. The molecule has 1 aliphatic carbocycles. The van der Waals surface area contributed by atoms with Crippen molar-refractivity contribution in [3.05, 3.63) is 31.8 Å². The fourth-order valence-electron chi connectivity index (χ4n) is 2.55. The third-order valence-electron chi connectivity index (χ3n) is 3.96. The van der Waals surface area contributed by atoms with Crippen LogP contribution < -0.4 is 0 Å². The maximum atomic E-state index is 12.6. The molecule has 0 aromatic heterocycles. The molecule has 1 aliphatic heterocycles. The lowest BCUT2D eigenvalue weighted by Crippen LogP contribution is -2.51. The first-order chi connectivity index (χ1) is 10.1. The molecule has 0 atom stereocenters. The molecule has 0 bridgehead atoms. The molecule has 2 amide bonds. The fourth-order valence-corrected chi connectivity index (χ4v) is 3.48. The molecule has 1 heterocycles. The molecule has 2 aliphatic rings. The second kappa shape index (κ2) is 6.24. The highest BCUT2D eigenvalue weighted by Crippen LogP contribution is 2.31. The molecule has 6 heteroatoms. The fraction of sp³-hybridized carbons (Fsp3) is 0.467. The molecule has 21 heavy (non-hydrogen) atoms. The zero-order valence-corrected chi connectivity index (χ0v) is 15.3. The van der Waals surface area contributed by atoms with Crippen LogP contribution in [0.4, 0.5) is 0 Å². The van der Waals surface area contributed by atoms with Gasteiger partial charge in [-0.3, -0.25) is 9.59 Å². The van der Waals surface area contributed by atoms with Gasteiger partial charge < -0.3 is 9.80 Å². The van der Waals surface area contributed by atoms with E-state index in [-0.39, 0.29) is 17.7 Å². The van der Waals surface area contributed by atoms with Gasteiger partial charge in [0.25, 0.3) is 5.91 Å². The van der Waals surface area contributed by atoms with Crippen LogP contribution in [0.25, 0.3) is 0 Å². The Morgan fingerprint density at radius 2 is 1.71 bits per heavy atom. The summed E-state index contributed by atoms with van der Waals surface area (Å²) in [5, 5.41) is 0. The molecule has 0 spiro atoms. The standard InChI is InChI=1S/C15H16BrIN2O2/c16-11-3-4-13(17)12(9-11)15(21)19-7-5-18(6-8-19)14(20)10-1-2-10/h3-4,9-10H,1-2,5-8H2. The first-order valence-corrected chi connectivity index (χ1v) is 8.96. The lowest BCUT2D eigenvalue weighted by molar-refractivity contribution is -0.134. The number of amides is 2. The van der Waals surface area contributed by atoms with Crippen LogP contribution in [0.15, 0.2) is 22.7 Å². The molecule has 1 saturated heterocycles. The van der Waals surface area contributed by atoms with Crippen LogP contribution in [-0.2, 0) is 4.79 Å². The van der Waals surface area contributed by atoms with Gasteiger partial charge in [-0.15, -0.1) is 0 Å². The van der Waals surface area contributed by atoms with Gasteiger partial charge in [-0.1, -0.05) is 15.9 Å². The summed E-state index contributed by atoms with van der Waals surface area (Å²) in [4.78, 5) is 28.4. The Hall–Kier alpha value is -0.630. The van der Waals surface area contributed by atoms with Gasteiger partial charge in [-0.2, -0.15) is 0 Å². The molecule has 112 valence electrons. The second-order valence-electron chi connectivity index (χ2n) is 5.52. The Balaban J connectivity index is 1.64. The number of carbonyl (C=O) groups is 2. The maximum absolute atomic E-state index is 12.6. The summed E-state index contributed by atoms with van der Waals surface area (Å²) in [6.07, 6.45) is 2.07. The number of nitrogens with zero attached hydrogens (tertiary/aromatic N) is 2. The first kappa shape index (κ1) is 15.3. The summed E-state index contributed by atoms with van der Waals surface area (Å²) in [5.74, 6) is 0.594. The molecule has 3 rings (SSSR count). The van der Waals surface area contributed by atoms with Crippen molar-refractivity contribution in [2.75, 3.05) is 26.2 Å². The summed E-state index contributed by atoms with van der Waals surface area (Å²) < 4.78 is 1.87. The first-order valence-electron chi connectivity index (χ1n) is 7.09. The van der Waals surface area contributed by atoms with Crippen molar-refractivity contribution in [2.24, 2.45) is 5.92 Å². The van der Waals surface area contributed by atoms with Crippen molar-refractivity contribution >= 4 is 50.3 Å². The predicted molar refractivity (Wildman–Crippen MR) is 92.1 cm³/mol. The van der Waals surface area contributed by atoms with E-state index < -0.39 is 0 Å². The molecular formula is C15H16BrIN2O2. The van der Waals surface area contributed by atoms with Crippen molar-refractivity contribution in [1.29, 1.82) is 0 Å². The molecular weight excluding hydrogens is 447 g/mol. The smallest absolute Gasteiger partial charge is 0.255 e. The molecule has 0 radical (unpaired) electrons. The highest BCUT2D eigenvalue weighted by atomic mass is 127. The van der Waals surface area contributed by atoms with Crippen LogP contribution in [0, 0.1) is 9.49 Å². The molecule has 0 unspecified atom stereocenters. The highest BCUT2D eigenvalue weighted by molar-refractivity contribution is 14.1. The zero-order valence-electron chi connectivity index (χ0n) is 11.5. The summed E-state index contributed by atoms with van der Waals surface area (Å²) >= 11 is 5.60. The minimum absolute atomic E-state index is 0.0548. The minimum atomic E-state index is 0.0548. The average molecular weight is 463 g/mol. The SMILES string of the molecule is O=C(c1cc(Br)ccc1I)N1CCN(C(=O)C2CC2)CC1. The van der Waals surface area contributed by atoms with Crippen molar-refractivity contribution in [1.82, 2.24) is 9.80 Å². The van der Waals surface area contributed by atoms with Crippen LogP contribution in [0.2, 0.25) is 0 Å². The van der Waals surface area contributed by atoms with Crippen LogP contribution in [0.1, 0.15) is 23.2 Å². The van der Waals surface area contributed by atoms with Gasteiger partial charge in [0, 0.05) is 40.1 Å². The van der Waals surface area contributed by atoms with Gasteiger partial charge in [0.1, 0.15) is 0 Å². The van der Waals surface area contributed by atoms with E-state index in [4.69, 9.17) is 0 Å². The van der Waals surface area contributed by atoms with E-state index in [1.807, 2.05) is 28.0 Å². The van der Waals surface area contributed by atoms with Crippen molar-refractivity contribution in [3.63, 3.8) is 0 Å². The summed E-state index contributed by atoms with van der Waals surface area (Å²) in [6, 6.07) is 5.74. The van der Waals surface area contributed by atoms with E-state index in [2.05, 4.69) is 38.5 Å². The Kier molecular flexibility index (Phi) is 4.54. The Labute approximate surface area is 146 Å². The van der Waals surface area contributed by atoms with Gasteiger partial charge in [0.2, 0.25) is 5.91 Å². The number of halogens is 2. The molecule has 1 saturated carbocycles. The van der Waals surface area contributed by atoms with Crippen LogP contribution in [0.3, 0.4) is 0 Å². The third-order valence-corrected chi connectivity index (χ3v) is 5.40. The molecule has 1 aromatic rings. The summed E-state index contributed by atoms with van der Waals surface area (Å²) in [5.41, 5.74) is 0.729. The highest BCUT2D eigenvalue weighted by Gasteiger charge is 2.35. The van der Waals surface area contributed by atoms with Crippen molar-refractivity contribution in [2.45, 2.75) is 12.8 Å². The Bertz CT molecular complexity index is 581. The molecule has 0 N–H and O–H groups in total. The second-order valence-corrected chi connectivity index (χ2v) is 7.59. The monoisotopic (exact) mass is 462 g/mol.